The van der Waals surface area contributed by atoms with Gasteiger partial charge in [0.1, 0.15) is 12.1 Å². The van der Waals surface area contributed by atoms with Crippen molar-refractivity contribution in [1.29, 1.82) is 0 Å². The van der Waals surface area contributed by atoms with Crippen molar-refractivity contribution in [3.8, 4) is 0 Å². The fraction of sp³-hybridized carbons (Fsp3) is 0.824. The largest absolute Gasteiger partial charge is 0.475 e. The first kappa shape index (κ1) is 21.7. The average molecular weight is 382 g/mol. The second-order valence-electron chi connectivity index (χ2n) is 8.38. The molecule has 2 saturated heterocycles. The van der Waals surface area contributed by atoms with Gasteiger partial charge in [0.05, 0.1) is 12.5 Å². The lowest BCUT2D eigenvalue weighted by Crippen LogP contribution is -2.64. The molecule has 3 amide bonds. The Bertz CT molecular complexity index is 580. The summed E-state index contributed by atoms with van der Waals surface area (Å²) in [7, 11) is 0.0670. The van der Waals surface area contributed by atoms with Gasteiger partial charge in [-0.05, 0) is 31.7 Å². The molecular formula is C17H31BN4O5. The molecule has 0 aromatic heterocycles. The van der Waals surface area contributed by atoms with Crippen LogP contribution in [0.4, 0.5) is 0 Å². The summed E-state index contributed by atoms with van der Waals surface area (Å²) >= 11 is 0. The molecule has 0 radical (unpaired) electrons. The van der Waals surface area contributed by atoms with Gasteiger partial charge in [-0.3, -0.25) is 14.4 Å². The van der Waals surface area contributed by atoms with Crippen LogP contribution in [0.1, 0.15) is 40.0 Å². The van der Waals surface area contributed by atoms with Crippen molar-refractivity contribution >= 4 is 24.8 Å². The molecule has 0 aromatic carbocycles. The second-order valence-corrected chi connectivity index (χ2v) is 8.38. The highest BCUT2D eigenvalue weighted by Gasteiger charge is 2.45. The van der Waals surface area contributed by atoms with Crippen molar-refractivity contribution in [2.24, 2.45) is 5.41 Å². The number of hydrogen-bond donors (Lipinski definition) is 4. The van der Waals surface area contributed by atoms with Crippen molar-refractivity contribution in [2.45, 2.75) is 58.1 Å². The lowest BCUT2D eigenvalue weighted by Gasteiger charge is -2.42. The maximum absolute atomic E-state index is 13.1. The van der Waals surface area contributed by atoms with E-state index >= 15 is 0 Å². The molecule has 0 aliphatic carbocycles. The van der Waals surface area contributed by atoms with Gasteiger partial charge in [-0.15, -0.1) is 0 Å². The summed E-state index contributed by atoms with van der Waals surface area (Å²) in [5.41, 5.74) is -0.566. The van der Waals surface area contributed by atoms with Crippen LogP contribution in [0.5, 0.6) is 0 Å². The predicted molar refractivity (Wildman–Crippen MR) is 100 cm³/mol. The SMILES string of the molecule is CNCC(=O)N1CC[C@H]1C(=O)NC(C(=O)N1CCC[C@H]1B(O)O)C(C)(C)C. The zero-order chi connectivity index (χ0) is 20.4. The maximum Gasteiger partial charge on any atom is 0.475 e. The van der Waals surface area contributed by atoms with Crippen LogP contribution in [-0.4, -0.2) is 89.4 Å². The zero-order valence-electron chi connectivity index (χ0n) is 16.6. The van der Waals surface area contributed by atoms with Crippen LogP contribution < -0.4 is 10.6 Å². The first-order chi connectivity index (χ1) is 12.6. The molecule has 2 rings (SSSR count). The Kier molecular flexibility index (Phi) is 6.88. The topological polar surface area (TPSA) is 122 Å². The minimum absolute atomic E-state index is 0.148. The van der Waals surface area contributed by atoms with Gasteiger partial charge in [0.25, 0.3) is 0 Å². The fourth-order valence-corrected chi connectivity index (χ4v) is 3.64. The number of likely N-dealkylation sites (tertiary alicyclic amines) is 2. The Morgan fingerprint density at radius 3 is 2.30 bits per heavy atom. The predicted octanol–water partition coefficient (Wildman–Crippen LogP) is -1.66. The number of nitrogens with zero attached hydrogens (tertiary/aromatic N) is 2. The fourth-order valence-electron chi connectivity index (χ4n) is 3.64. The second kappa shape index (κ2) is 8.58. The summed E-state index contributed by atoms with van der Waals surface area (Å²) in [4.78, 5) is 40.8. The third kappa shape index (κ3) is 4.80. The van der Waals surface area contributed by atoms with E-state index in [0.717, 1.165) is 0 Å². The summed E-state index contributed by atoms with van der Waals surface area (Å²) in [6.07, 6.45) is 1.77. The number of amides is 3. The van der Waals surface area contributed by atoms with Gasteiger partial charge in [0.15, 0.2) is 0 Å². The number of carbonyl (C=O) groups is 3. The van der Waals surface area contributed by atoms with Crippen LogP contribution in [-0.2, 0) is 14.4 Å². The molecule has 0 aromatic rings. The highest BCUT2D eigenvalue weighted by molar-refractivity contribution is 6.43. The Hall–Kier alpha value is -1.65. The van der Waals surface area contributed by atoms with Crippen LogP contribution in [0.2, 0.25) is 0 Å². The average Bonchev–Trinajstić information content (AvgIpc) is 2.99. The van der Waals surface area contributed by atoms with E-state index < -0.39 is 30.6 Å². The molecule has 1 unspecified atom stereocenters. The van der Waals surface area contributed by atoms with Gasteiger partial charge in [-0.25, -0.2) is 0 Å². The lowest BCUT2D eigenvalue weighted by molar-refractivity contribution is -0.149. The van der Waals surface area contributed by atoms with E-state index in [1.165, 1.54) is 9.80 Å². The molecule has 0 saturated carbocycles. The number of likely N-dealkylation sites (N-methyl/N-ethyl adjacent to an activating group) is 1. The highest BCUT2D eigenvalue weighted by Crippen LogP contribution is 2.27. The highest BCUT2D eigenvalue weighted by atomic mass is 16.4. The summed E-state index contributed by atoms with van der Waals surface area (Å²) in [5.74, 6) is -1.47. The van der Waals surface area contributed by atoms with Gasteiger partial charge >= 0.3 is 7.12 Å². The third-order valence-corrected chi connectivity index (χ3v) is 5.30. The summed E-state index contributed by atoms with van der Waals surface area (Å²) in [6, 6.07) is -1.38. The van der Waals surface area contributed by atoms with Gasteiger partial charge < -0.3 is 30.5 Å². The van der Waals surface area contributed by atoms with Gasteiger partial charge in [0, 0.05) is 13.1 Å². The van der Waals surface area contributed by atoms with E-state index in [-0.39, 0.29) is 24.3 Å². The van der Waals surface area contributed by atoms with Crippen molar-refractivity contribution in [3.05, 3.63) is 0 Å². The van der Waals surface area contributed by atoms with Crippen LogP contribution in [0, 0.1) is 5.41 Å². The maximum atomic E-state index is 13.1. The summed E-state index contributed by atoms with van der Waals surface area (Å²) in [6.45, 7) is 6.66. The van der Waals surface area contributed by atoms with Crippen molar-refractivity contribution in [3.63, 3.8) is 0 Å². The molecule has 3 atom stereocenters. The van der Waals surface area contributed by atoms with E-state index in [9.17, 15) is 24.4 Å². The third-order valence-electron chi connectivity index (χ3n) is 5.30. The molecule has 152 valence electrons. The minimum atomic E-state index is -1.60. The Labute approximate surface area is 160 Å². The van der Waals surface area contributed by atoms with Crippen LogP contribution in [0.15, 0.2) is 0 Å². The Morgan fingerprint density at radius 2 is 1.81 bits per heavy atom. The molecule has 27 heavy (non-hydrogen) atoms. The molecule has 2 fully saturated rings. The number of rotatable bonds is 6. The molecule has 4 N–H and O–H groups in total. The van der Waals surface area contributed by atoms with Gasteiger partial charge in [-0.2, -0.15) is 0 Å². The monoisotopic (exact) mass is 382 g/mol. The normalized spacial score (nSPS) is 23.6. The lowest BCUT2D eigenvalue weighted by atomic mass is 9.77. The van der Waals surface area contributed by atoms with Crippen LogP contribution in [0.3, 0.4) is 0 Å². The van der Waals surface area contributed by atoms with Crippen LogP contribution >= 0.6 is 0 Å². The molecule has 10 heteroatoms. The van der Waals surface area contributed by atoms with E-state index in [0.29, 0.717) is 32.4 Å². The molecular weight excluding hydrogens is 351 g/mol. The number of carbonyl (C=O) groups excluding carboxylic acids is 3. The molecule has 2 heterocycles. The Morgan fingerprint density at radius 1 is 1.15 bits per heavy atom. The number of hydrogen-bond acceptors (Lipinski definition) is 6. The van der Waals surface area contributed by atoms with Crippen molar-refractivity contribution < 1.29 is 24.4 Å². The first-order valence-corrected chi connectivity index (χ1v) is 9.49. The minimum Gasteiger partial charge on any atom is -0.426 e. The van der Waals surface area contributed by atoms with E-state index in [4.69, 9.17) is 0 Å². The molecule has 0 spiro atoms. The molecule has 2 aliphatic rings. The Balaban J connectivity index is 2.10. The van der Waals surface area contributed by atoms with E-state index in [1.54, 1.807) is 7.05 Å². The number of nitrogens with one attached hydrogen (secondary N) is 2. The van der Waals surface area contributed by atoms with E-state index in [2.05, 4.69) is 10.6 Å². The first-order valence-electron chi connectivity index (χ1n) is 9.49. The summed E-state index contributed by atoms with van der Waals surface area (Å²) < 4.78 is 0. The molecule has 2 aliphatic heterocycles. The smallest absolute Gasteiger partial charge is 0.426 e. The standard InChI is InChI=1S/C17H31BN4O5/c1-17(2,3)14(16(25)22-8-5-6-12(22)18(26)27)20-15(24)11-7-9-21(11)13(23)10-19-4/h11-12,14,19,26-27H,5-10H2,1-4H3,(H,20,24)/t11-,12-,14?/m0/s1. The molecule has 9 nitrogen and oxygen atoms in total. The summed E-state index contributed by atoms with van der Waals surface area (Å²) in [5, 5.41) is 24.7. The van der Waals surface area contributed by atoms with Gasteiger partial charge in [0.2, 0.25) is 17.7 Å². The quantitative estimate of drug-likeness (QED) is 0.408. The molecule has 0 bridgehead atoms. The van der Waals surface area contributed by atoms with Gasteiger partial charge in [-0.1, -0.05) is 20.8 Å². The van der Waals surface area contributed by atoms with E-state index in [1.807, 2.05) is 20.8 Å². The zero-order valence-corrected chi connectivity index (χ0v) is 16.6. The van der Waals surface area contributed by atoms with Crippen molar-refractivity contribution in [1.82, 2.24) is 20.4 Å². The van der Waals surface area contributed by atoms with Crippen molar-refractivity contribution in [2.75, 3.05) is 26.7 Å². The van der Waals surface area contributed by atoms with Crippen LogP contribution in [0.25, 0.3) is 0 Å².